The SMILES string of the molecule is Fc1cc(F)c(OC(F)(F)F)c(F)n1. The van der Waals surface area contributed by atoms with E-state index in [1.165, 1.54) is 0 Å². The molecule has 1 aromatic rings. The Hall–Kier alpha value is -1.47. The van der Waals surface area contributed by atoms with Crippen molar-refractivity contribution in [2.45, 2.75) is 6.36 Å². The van der Waals surface area contributed by atoms with Gasteiger partial charge in [0.05, 0.1) is 0 Å². The van der Waals surface area contributed by atoms with Crippen molar-refractivity contribution in [2.75, 3.05) is 0 Å². The van der Waals surface area contributed by atoms with Gasteiger partial charge in [-0.15, -0.1) is 13.2 Å². The van der Waals surface area contributed by atoms with Gasteiger partial charge in [0, 0.05) is 6.07 Å². The van der Waals surface area contributed by atoms with Gasteiger partial charge in [-0.2, -0.15) is 13.8 Å². The lowest BCUT2D eigenvalue weighted by atomic mass is 10.4. The molecule has 0 aromatic carbocycles. The Labute approximate surface area is 73.1 Å². The Bertz CT molecular complexity index is 326. The average Bonchev–Trinajstić information content (AvgIpc) is 1.95. The highest BCUT2D eigenvalue weighted by Gasteiger charge is 2.34. The third kappa shape index (κ3) is 2.51. The maximum absolute atomic E-state index is 12.5. The molecule has 1 aromatic heterocycles. The molecule has 1 rings (SSSR count). The molecular weight excluding hydrogens is 216 g/mol. The molecule has 0 bridgehead atoms. The van der Waals surface area contributed by atoms with Crippen LogP contribution in [0.15, 0.2) is 6.07 Å². The van der Waals surface area contributed by atoms with E-state index in [4.69, 9.17) is 0 Å². The molecular formula is C6HF6NO. The van der Waals surface area contributed by atoms with Crippen LogP contribution in [0.2, 0.25) is 0 Å². The molecule has 0 aliphatic carbocycles. The van der Waals surface area contributed by atoms with Gasteiger partial charge in [0.25, 0.3) is 5.95 Å². The lowest BCUT2D eigenvalue weighted by Crippen LogP contribution is -2.19. The van der Waals surface area contributed by atoms with Crippen molar-refractivity contribution in [1.82, 2.24) is 4.98 Å². The van der Waals surface area contributed by atoms with Crippen LogP contribution >= 0.6 is 0 Å². The van der Waals surface area contributed by atoms with Crippen LogP contribution in [0.5, 0.6) is 5.75 Å². The van der Waals surface area contributed by atoms with Crippen LogP contribution in [0.3, 0.4) is 0 Å². The lowest BCUT2D eigenvalue weighted by molar-refractivity contribution is -0.276. The summed E-state index contributed by atoms with van der Waals surface area (Å²) in [6, 6.07) is -0.0237. The average molecular weight is 217 g/mol. The van der Waals surface area contributed by atoms with Gasteiger partial charge in [-0.3, -0.25) is 0 Å². The Morgan fingerprint density at radius 3 is 2.14 bits per heavy atom. The molecule has 0 N–H and O–H groups in total. The van der Waals surface area contributed by atoms with Crippen LogP contribution in [0.25, 0.3) is 0 Å². The largest absolute Gasteiger partial charge is 0.573 e. The van der Waals surface area contributed by atoms with E-state index in [0.717, 1.165) is 0 Å². The van der Waals surface area contributed by atoms with Crippen LogP contribution in [-0.2, 0) is 0 Å². The molecule has 0 aliphatic heterocycles. The van der Waals surface area contributed by atoms with Crippen molar-refractivity contribution in [1.29, 1.82) is 0 Å². The van der Waals surface area contributed by atoms with Crippen molar-refractivity contribution >= 4 is 0 Å². The van der Waals surface area contributed by atoms with Gasteiger partial charge in [-0.05, 0) is 0 Å². The predicted molar refractivity (Wildman–Crippen MR) is 30.8 cm³/mol. The van der Waals surface area contributed by atoms with E-state index in [-0.39, 0.29) is 6.07 Å². The minimum atomic E-state index is -5.26. The Morgan fingerprint density at radius 1 is 1.14 bits per heavy atom. The monoisotopic (exact) mass is 217 g/mol. The first-order valence-electron chi connectivity index (χ1n) is 3.07. The molecule has 78 valence electrons. The van der Waals surface area contributed by atoms with E-state index in [2.05, 4.69) is 9.72 Å². The summed E-state index contributed by atoms with van der Waals surface area (Å²) in [5.74, 6) is -7.17. The molecule has 0 aliphatic rings. The van der Waals surface area contributed by atoms with Gasteiger partial charge >= 0.3 is 6.36 Å². The first-order valence-corrected chi connectivity index (χ1v) is 3.07. The lowest BCUT2D eigenvalue weighted by Gasteiger charge is -2.09. The fraction of sp³-hybridized carbons (Fsp3) is 0.167. The molecule has 0 spiro atoms. The van der Waals surface area contributed by atoms with E-state index < -0.39 is 29.8 Å². The van der Waals surface area contributed by atoms with Crippen molar-refractivity contribution in [3.8, 4) is 5.75 Å². The van der Waals surface area contributed by atoms with Gasteiger partial charge in [0.1, 0.15) is 0 Å². The summed E-state index contributed by atoms with van der Waals surface area (Å²) in [6.07, 6.45) is -5.26. The molecule has 14 heavy (non-hydrogen) atoms. The second-order valence-electron chi connectivity index (χ2n) is 2.09. The molecule has 1 heterocycles. The van der Waals surface area contributed by atoms with E-state index in [9.17, 15) is 26.3 Å². The molecule has 0 unspecified atom stereocenters. The summed E-state index contributed by atoms with van der Waals surface area (Å²) in [6.45, 7) is 0. The van der Waals surface area contributed by atoms with E-state index >= 15 is 0 Å². The van der Waals surface area contributed by atoms with Crippen molar-refractivity contribution in [2.24, 2.45) is 0 Å². The Morgan fingerprint density at radius 2 is 1.71 bits per heavy atom. The minimum Gasteiger partial charge on any atom is -0.398 e. The Kier molecular flexibility index (Phi) is 2.54. The number of rotatable bonds is 1. The van der Waals surface area contributed by atoms with Crippen molar-refractivity contribution in [3.63, 3.8) is 0 Å². The molecule has 8 heteroatoms. The van der Waals surface area contributed by atoms with Crippen LogP contribution in [-0.4, -0.2) is 11.3 Å². The first-order chi connectivity index (χ1) is 6.29. The highest BCUT2D eigenvalue weighted by Crippen LogP contribution is 2.27. The highest BCUT2D eigenvalue weighted by atomic mass is 19.4. The Balaban J connectivity index is 3.09. The minimum absolute atomic E-state index is 0.0237. The quantitative estimate of drug-likeness (QED) is 0.532. The summed E-state index contributed by atoms with van der Waals surface area (Å²) >= 11 is 0. The van der Waals surface area contributed by atoms with E-state index in [1.807, 2.05) is 0 Å². The van der Waals surface area contributed by atoms with Crippen LogP contribution in [0, 0.1) is 17.7 Å². The van der Waals surface area contributed by atoms with Gasteiger partial charge < -0.3 is 4.74 Å². The van der Waals surface area contributed by atoms with Gasteiger partial charge in [-0.25, -0.2) is 4.39 Å². The standard InChI is InChI=1S/C6HF6NO/c7-2-1-3(8)13-5(9)4(2)14-6(10,11)12/h1H. The zero-order valence-electron chi connectivity index (χ0n) is 6.20. The van der Waals surface area contributed by atoms with Crippen LogP contribution < -0.4 is 4.74 Å². The molecule has 0 saturated carbocycles. The fourth-order valence-electron chi connectivity index (χ4n) is 0.652. The summed E-state index contributed by atoms with van der Waals surface area (Å²) < 4.78 is 74.5. The third-order valence-electron chi connectivity index (χ3n) is 1.07. The molecule has 0 radical (unpaired) electrons. The second-order valence-corrected chi connectivity index (χ2v) is 2.09. The predicted octanol–water partition coefficient (Wildman–Crippen LogP) is 2.40. The van der Waals surface area contributed by atoms with Gasteiger partial charge in [0.15, 0.2) is 5.82 Å². The molecule has 2 nitrogen and oxygen atoms in total. The maximum Gasteiger partial charge on any atom is 0.573 e. The van der Waals surface area contributed by atoms with Gasteiger partial charge in [0.2, 0.25) is 11.7 Å². The maximum atomic E-state index is 12.5. The number of aromatic nitrogens is 1. The number of nitrogens with zero attached hydrogens (tertiary/aromatic N) is 1. The van der Waals surface area contributed by atoms with Crippen LogP contribution in [0.4, 0.5) is 26.3 Å². The van der Waals surface area contributed by atoms with Crippen LogP contribution in [0.1, 0.15) is 0 Å². The van der Waals surface area contributed by atoms with Crippen molar-refractivity contribution in [3.05, 3.63) is 23.8 Å². The van der Waals surface area contributed by atoms with Gasteiger partial charge in [-0.1, -0.05) is 0 Å². The second kappa shape index (κ2) is 3.35. The van der Waals surface area contributed by atoms with E-state index in [0.29, 0.717) is 0 Å². The zero-order chi connectivity index (χ0) is 10.9. The summed E-state index contributed by atoms with van der Waals surface area (Å²) in [7, 11) is 0. The topological polar surface area (TPSA) is 22.1 Å². The van der Waals surface area contributed by atoms with Crippen molar-refractivity contribution < 1.29 is 31.1 Å². The molecule has 0 atom stereocenters. The number of ether oxygens (including phenoxy) is 1. The summed E-state index contributed by atoms with van der Waals surface area (Å²) in [5.41, 5.74) is 0. The number of hydrogen-bond acceptors (Lipinski definition) is 2. The number of halogens is 6. The zero-order valence-corrected chi connectivity index (χ0v) is 6.20. The third-order valence-corrected chi connectivity index (χ3v) is 1.07. The molecule has 0 amide bonds. The summed E-state index contributed by atoms with van der Waals surface area (Å²) in [5, 5.41) is 0. The first kappa shape index (κ1) is 10.6. The fourth-order valence-corrected chi connectivity index (χ4v) is 0.652. The molecule has 0 fully saturated rings. The van der Waals surface area contributed by atoms with E-state index in [1.54, 1.807) is 0 Å². The summed E-state index contributed by atoms with van der Waals surface area (Å²) in [4.78, 5) is 2.32. The smallest absolute Gasteiger partial charge is 0.398 e. The number of alkyl halides is 3. The number of hydrogen-bond donors (Lipinski definition) is 0. The molecule has 0 saturated heterocycles. The highest BCUT2D eigenvalue weighted by molar-refractivity contribution is 5.21. The number of pyridine rings is 1. The normalized spacial score (nSPS) is 11.6.